The summed E-state index contributed by atoms with van der Waals surface area (Å²) in [7, 11) is 0. The van der Waals surface area contributed by atoms with E-state index in [4.69, 9.17) is 11.6 Å². The first kappa shape index (κ1) is 20.7. The van der Waals surface area contributed by atoms with Crippen LogP contribution in [-0.2, 0) is 4.79 Å². The van der Waals surface area contributed by atoms with Crippen LogP contribution in [0.15, 0.2) is 65.8 Å². The molecule has 2 aliphatic rings. The highest BCUT2D eigenvalue weighted by Gasteiger charge is 2.41. The van der Waals surface area contributed by atoms with Gasteiger partial charge in [-0.2, -0.15) is 5.10 Å². The van der Waals surface area contributed by atoms with Crippen LogP contribution < -0.4 is 4.90 Å². The van der Waals surface area contributed by atoms with Crippen LogP contribution in [0.25, 0.3) is 0 Å². The fourth-order valence-corrected chi connectivity index (χ4v) is 4.85. The van der Waals surface area contributed by atoms with E-state index < -0.39 is 5.92 Å². The second-order valence-corrected chi connectivity index (χ2v) is 8.53. The first-order valence-electron chi connectivity index (χ1n) is 10.7. The summed E-state index contributed by atoms with van der Waals surface area (Å²) < 4.78 is 15.0. The van der Waals surface area contributed by atoms with Gasteiger partial charge in [-0.25, -0.2) is 14.1 Å². The third-order valence-electron chi connectivity index (χ3n) is 6.24. The predicted molar refractivity (Wildman–Crippen MR) is 123 cm³/mol. The topological polar surface area (TPSA) is 53.7 Å². The lowest BCUT2D eigenvalue weighted by molar-refractivity contribution is -0.134. The molecule has 2 atom stereocenters. The summed E-state index contributed by atoms with van der Waals surface area (Å²) in [5.74, 6) is 0.00609. The van der Waals surface area contributed by atoms with Gasteiger partial charge >= 0.3 is 0 Å². The van der Waals surface area contributed by atoms with E-state index in [0.717, 1.165) is 22.8 Å². The Labute approximate surface area is 190 Å². The van der Waals surface area contributed by atoms with Gasteiger partial charge in [0.2, 0.25) is 5.91 Å². The van der Waals surface area contributed by atoms with Crippen LogP contribution in [0.1, 0.15) is 18.5 Å². The Morgan fingerprint density at radius 1 is 1.03 bits per heavy atom. The van der Waals surface area contributed by atoms with Crippen LogP contribution in [0.3, 0.4) is 0 Å². The molecule has 0 saturated carbocycles. The minimum Gasteiger partial charge on any atom is -0.368 e. The number of hydrogen-bond acceptors (Lipinski definition) is 4. The number of fused-ring (bicyclic) bond motifs is 1. The molecule has 3 heterocycles. The summed E-state index contributed by atoms with van der Waals surface area (Å²) >= 11 is 6.55. The van der Waals surface area contributed by atoms with E-state index in [1.807, 2.05) is 42.2 Å². The number of hydrogen-bond donors (Lipinski definition) is 0. The maximum Gasteiger partial charge on any atom is 0.234 e. The van der Waals surface area contributed by atoms with Crippen molar-refractivity contribution in [3.63, 3.8) is 0 Å². The minimum absolute atomic E-state index is 0.0241. The van der Waals surface area contributed by atoms with Crippen LogP contribution in [0.2, 0.25) is 5.02 Å². The van der Waals surface area contributed by atoms with Crippen molar-refractivity contribution in [2.45, 2.75) is 13.0 Å². The lowest BCUT2D eigenvalue weighted by Gasteiger charge is -2.40. The number of aliphatic imine (C=N–C) groups is 1. The Morgan fingerprint density at radius 2 is 1.75 bits per heavy atom. The molecule has 164 valence electrons. The molecule has 0 aliphatic carbocycles. The Bertz CT molecular complexity index is 1170. The molecule has 5 rings (SSSR count). The maximum absolute atomic E-state index is 13.8. The second-order valence-electron chi connectivity index (χ2n) is 8.12. The van der Waals surface area contributed by atoms with Crippen LogP contribution in [0.4, 0.5) is 15.9 Å². The van der Waals surface area contributed by atoms with Gasteiger partial charge in [0.15, 0.2) is 5.82 Å². The summed E-state index contributed by atoms with van der Waals surface area (Å²) in [6.07, 6.45) is 1.70. The number of rotatable bonds is 3. The fraction of sp³-hybridized carbons (Fsp3) is 0.292. The van der Waals surface area contributed by atoms with Crippen molar-refractivity contribution in [2.75, 3.05) is 31.1 Å². The van der Waals surface area contributed by atoms with Gasteiger partial charge < -0.3 is 9.80 Å². The molecule has 2 aliphatic heterocycles. The Balaban J connectivity index is 1.41. The van der Waals surface area contributed by atoms with Gasteiger partial charge in [0.1, 0.15) is 11.7 Å². The van der Waals surface area contributed by atoms with Gasteiger partial charge in [0, 0.05) is 48.7 Å². The summed E-state index contributed by atoms with van der Waals surface area (Å²) in [6.45, 7) is 4.44. The van der Waals surface area contributed by atoms with Crippen LogP contribution in [0, 0.1) is 11.7 Å². The summed E-state index contributed by atoms with van der Waals surface area (Å²) in [6, 6.07) is 15.6. The van der Waals surface area contributed by atoms with E-state index in [0.29, 0.717) is 31.2 Å². The zero-order valence-electron chi connectivity index (χ0n) is 17.7. The second kappa shape index (κ2) is 8.39. The number of aromatic nitrogens is 2. The number of carbonyl (C=O) groups is 1. The zero-order chi connectivity index (χ0) is 22.2. The summed E-state index contributed by atoms with van der Waals surface area (Å²) in [4.78, 5) is 22.5. The van der Waals surface area contributed by atoms with Crippen molar-refractivity contribution in [3.8, 4) is 0 Å². The third kappa shape index (κ3) is 3.66. The van der Waals surface area contributed by atoms with E-state index in [9.17, 15) is 9.18 Å². The van der Waals surface area contributed by atoms with Gasteiger partial charge in [0.05, 0.1) is 12.2 Å². The number of halogens is 2. The SMILES string of the molecule is CC1=Nc2ccnn2C(c2ccccc2Cl)C1C(=O)N1CCN(c2ccc(F)cc2)CC1. The molecule has 1 saturated heterocycles. The van der Waals surface area contributed by atoms with E-state index in [2.05, 4.69) is 15.0 Å². The molecular formula is C24H23ClFN5O. The molecule has 0 radical (unpaired) electrons. The number of piperazine rings is 1. The number of amides is 1. The highest BCUT2D eigenvalue weighted by atomic mass is 35.5. The molecular weight excluding hydrogens is 429 g/mol. The molecule has 1 aromatic heterocycles. The van der Waals surface area contributed by atoms with Gasteiger partial charge in [-0.1, -0.05) is 29.8 Å². The number of anilines is 1. The average molecular weight is 452 g/mol. The van der Waals surface area contributed by atoms with Crippen molar-refractivity contribution in [2.24, 2.45) is 10.9 Å². The van der Waals surface area contributed by atoms with E-state index in [-0.39, 0.29) is 17.8 Å². The predicted octanol–water partition coefficient (Wildman–Crippen LogP) is 4.34. The molecule has 0 bridgehead atoms. The number of benzene rings is 2. The maximum atomic E-state index is 13.8. The highest BCUT2D eigenvalue weighted by Crippen LogP contribution is 2.39. The van der Waals surface area contributed by atoms with Gasteiger partial charge in [-0.3, -0.25) is 4.79 Å². The molecule has 6 nitrogen and oxygen atoms in total. The van der Waals surface area contributed by atoms with Gasteiger partial charge in [-0.15, -0.1) is 0 Å². The molecule has 8 heteroatoms. The lowest BCUT2D eigenvalue weighted by atomic mass is 9.87. The van der Waals surface area contributed by atoms with E-state index in [1.165, 1.54) is 12.1 Å². The third-order valence-corrected chi connectivity index (χ3v) is 6.59. The summed E-state index contributed by atoms with van der Waals surface area (Å²) in [5.41, 5.74) is 2.58. The number of nitrogens with zero attached hydrogens (tertiary/aromatic N) is 5. The summed E-state index contributed by atoms with van der Waals surface area (Å²) in [5, 5.41) is 5.07. The van der Waals surface area contributed by atoms with Crippen LogP contribution in [0.5, 0.6) is 0 Å². The van der Waals surface area contributed by atoms with Crippen molar-refractivity contribution in [1.82, 2.24) is 14.7 Å². The molecule has 32 heavy (non-hydrogen) atoms. The number of carbonyl (C=O) groups excluding carboxylic acids is 1. The van der Waals surface area contributed by atoms with Crippen LogP contribution >= 0.6 is 11.6 Å². The van der Waals surface area contributed by atoms with Crippen molar-refractivity contribution < 1.29 is 9.18 Å². The van der Waals surface area contributed by atoms with E-state index in [1.54, 1.807) is 23.0 Å². The Kier molecular flexibility index (Phi) is 5.43. The lowest BCUT2D eigenvalue weighted by Crippen LogP contribution is -2.53. The molecule has 0 N–H and O–H groups in total. The first-order chi connectivity index (χ1) is 15.5. The largest absolute Gasteiger partial charge is 0.368 e. The van der Waals surface area contributed by atoms with Crippen molar-refractivity contribution in [1.29, 1.82) is 0 Å². The van der Waals surface area contributed by atoms with Crippen molar-refractivity contribution in [3.05, 3.63) is 77.2 Å². The van der Waals surface area contributed by atoms with Crippen LogP contribution in [-0.4, -0.2) is 52.5 Å². The fourth-order valence-electron chi connectivity index (χ4n) is 4.60. The molecule has 2 aromatic carbocycles. The molecule has 0 spiro atoms. The standard InChI is InChI=1S/C24H23ClFN5O/c1-16-22(23(19-4-2-3-5-20(19)25)31-21(28-16)10-11-27-31)24(32)30-14-12-29(13-15-30)18-8-6-17(26)7-9-18/h2-11,22-23H,12-15H2,1H3. The molecule has 1 amide bonds. The highest BCUT2D eigenvalue weighted by molar-refractivity contribution is 6.31. The van der Waals surface area contributed by atoms with Gasteiger partial charge in [-0.05, 0) is 42.8 Å². The smallest absolute Gasteiger partial charge is 0.234 e. The van der Waals surface area contributed by atoms with Gasteiger partial charge in [0.25, 0.3) is 0 Å². The molecule has 2 unspecified atom stereocenters. The van der Waals surface area contributed by atoms with Crippen molar-refractivity contribution >= 4 is 34.7 Å². The Morgan fingerprint density at radius 3 is 2.47 bits per heavy atom. The zero-order valence-corrected chi connectivity index (χ0v) is 18.4. The first-order valence-corrected chi connectivity index (χ1v) is 11.0. The minimum atomic E-state index is -0.486. The monoisotopic (exact) mass is 451 g/mol. The average Bonchev–Trinajstić information content (AvgIpc) is 3.27. The molecule has 1 fully saturated rings. The quantitative estimate of drug-likeness (QED) is 0.595. The Hall–Kier alpha value is -3.19. The normalized spacial score (nSPS) is 20.7. The van der Waals surface area contributed by atoms with E-state index >= 15 is 0 Å². The molecule has 3 aromatic rings.